The van der Waals surface area contributed by atoms with Crippen molar-refractivity contribution in [2.45, 2.75) is 45.3 Å². The lowest BCUT2D eigenvalue weighted by atomic mass is 10.1. The van der Waals surface area contributed by atoms with Gasteiger partial charge in [-0.2, -0.15) is 18.2 Å². The number of nitrogens with zero attached hydrogens (tertiary/aromatic N) is 2. The number of hydrazine groups is 1. The van der Waals surface area contributed by atoms with Crippen LogP contribution in [0.3, 0.4) is 0 Å². The Hall–Kier alpha value is -1.57. The van der Waals surface area contributed by atoms with Gasteiger partial charge in [0.05, 0.1) is 0 Å². The maximum absolute atomic E-state index is 12.7. The van der Waals surface area contributed by atoms with Crippen molar-refractivity contribution in [1.82, 2.24) is 9.97 Å². The minimum Gasteiger partial charge on any atom is -0.367 e. The molecule has 0 aliphatic rings. The highest BCUT2D eigenvalue weighted by Gasteiger charge is 2.33. The molecule has 5 nitrogen and oxygen atoms in total. The zero-order chi connectivity index (χ0) is 14.5. The summed E-state index contributed by atoms with van der Waals surface area (Å²) in [5, 5.41) is 2.97. The number of alkyl halides is 3. The Morgan fingerprint density at radius 2 is 2.00 bits per heavy atom. The summed E-state index contributed by atoms with van der Waals surface area (Å²) in [7, 11) is 0. The van der Waals surface area contributed by atoms with Crippen molar-refractivity contribution in [3.8, 4) is 0 Å². The molecule has 0 amide bonds. The molecule has 0 fully saturated rings. The molecule has 1 aromatic rings. The van der Waals surface area contributed by atoms with Gasteiger partial charge in [0.15, 0.2) is 5.69 Å². The summed E-state index contributed by atoms with van der Waals surface area (Å²) in [4.78, 5) is 7.17. The maximum Gasteiger partial charge on any atom is 0.433 e. The highest BCUT2D eigenvalue weighted by Crippen LogP contribution is 2.29. The zero-order valence-corrected chi connectivity index (χ0v) is 10.9. The summed E-state index contributed by atoms with van der Waals surface area (Å²) in [5.74, 6) is 4.94. The van der Waals surface area contributed by atoms with E-state index in [1.54, 1.807) is 0 Å². The second kappa shape index (κ2) is 6.55. The number of halogens is 3. The average Bonchev–Trinajstić information content (AvgIpc) is 2.36. The summed E-state index contributed by atoms with van der Waals surface area (Å²) < 4.78 is 38.0. The third-order valence-electron chi connectivity index (χ3n) is 2.63. The van der Waals surface area contributed by atoms with Crippen molar-refractivity contribution in [3.63, 3.8) is 0 Å². The van der Waals surface area contributed by atoms with Crippen LogP contribution in [0.4, 0.5) is 24.9 Å². The van der Waals surface area contributed by atoms with Gasteiger partial charge in [0.2, 0.25) is 5.95 Å². The number of hydrogen-bond acceptors (Lipinski definition) is 5. The van der Waals surface area contributed by atoms with Gasteiger partial charge in [0.1, 0.15) is 5.82 Å². The van der Waals surface area contributed by atoms with E-state index in [1.807, 2.05) is 19.3 Å². The highest BCUT2D eigenvalue weighted by molar-refractivity contribution is 5.43. The number of aromatic nitrogens is 2. The second-order valence-electron chi connectivity index (χ2n) is 4.14. The van der Waals surface area contributed by atoms with Crippen LogP contribution in [0.25, 0.3) is 0 Å². The molecule has 0 radical (unpaired) electrons. The third kappa shape index (κ3) is 4.55. The van der Waals surface area contributed by atoms with Crippen LogP contribution in [0.15, 0.2) is 6.07 Å². The predicted molar refractivity (Wildman–Crippen MR) is 67.5 cm³/mol. The first-order valence-corrected chi connectivity index (χ1v) is 6.10. The van der Waals surface area contributed by atoms with Gasteiger partial charge in [-0.05, 0) is 12.8 Å². The predicted octanol–water partition coefficient (Wildman–Crippen LogP) is 2.77. The Labute approximate surface area is 109 Å². The van der Waals surface area contributed by atoms with Crippen LogP contribution in [0.1, 0.15) is 38.8 Å². The number of rotatable bonds is 6. The van der Waals surface area contributed by atoms with Gasteiger partial charge < -0.3 is 5.32 Å². The van der Waals surface area contributed by atoms with E-state index in [-0.39, 0.29) is 17.8 Å². The van der Waals surface area contributed by atoms with Crippen LogP contribution in [0, 0.1) is 0 Å². The molecule has 0 spiro atoms. The Bertz CT molecular complexity index is 408. The topological polar surface area (TPSA) is 75.9 Å². The molecule has 108 valence electrons. The quantitative estimate of drug-likeness (QED) is 0.550. The average molecular weight is 277 g/mol. The van der Waals surface area contributed by atoms with Crippen molar-refractivity contribution in [2.75, 3.05) is 10.7 Å². The molecule has 0 saturated heterocycles. The molecule has 19 heavy (non-hydrogen) atoms. The van der Waals surface area contributed by atoms with Crippen LogP contribution < -0.4 is 16.6 Å². The Kier molecular flexibility index (Phi) is 5.34. The Morgan fingerprint density at radius 1 is 1.32 bits per heavy atom. The number of nitrogen functional groups attached to an aromatic ring is 1. The summed E-state index contributed by atoms with van der Waals surface area (Å²) in [6, 6.07) is 0.964. The van der Waals surface area contributed by atoms with Crippen molar-refractivity contribution in [3.05, 3.63) is 11.8 Å². The van der Waals surface area contributed by atoms with E-state index in [1.165, 1.54) is 0 Å². The smallest absolute Gasteiger partial charge is 0.367 e. The summed E-state index contributed by atoms with van der Waals surface area (Å²) in [5.41, 5.74) is 1.02. The van der Waals surface area contributed by atoms with Gasteiger partial charge in [-0.3, -0.25) is 5.43 Å². The molecule has 0 aliphatic heterocycles. The fourth-order valence-electron chi connectivity index (χ4n) is 1.67. The fraction of sp³-hybridized carbons (Fsp3) is 0.636. The standard InChI is InChI=1S/C11H18F3N5/c1-3-5-7(4-2)16-9-6-8(11(12,13)14)17-10(18-9)19-15/h6-7H,3-5,15H2,1-2H3,(H2,16,17,18,19). The largest absolute Gasteiger partial charge is 0.433 e. The third-order valence-corrected chi connectivity index (χ3v) is 2.63. The first-order valence-electron chi connectivity index (χ1n) is 6.10. The highest BCUT2D eigenvalue weighted by atomic mass is 19.4. The van der Waals surface area contributed by atoms with Crippen LogP contribution >= 0.6 is 0 Å². The molecular formula is C11H18F3N5. The SMILES string of the molecule is CCCC(CC)Nc1cc(C(F)(F)F)nc(NN)n1. The van der Waals surface area contributed by atoms with Crippen molar-refractivity contribution < 1.29 is 13.2 Å². The molecule has 1 heterocycles. The van der Waals surface area contributed by atoms with Crippen molar-refractivity contribution in [2.24, 2.45) is 5.84 Å². The first-order chi connectivity index (χ1) is 8.90. The molecule has 0 aromatic carbocycles. The fourth-order valence-corrected chi connectivity index (χ4v) is 1.67. The van der Waals surface area contributed by atoms with E-state index < -0.39 is 11.9 Å². The minimum atomic E-state index is -4.53. The molecule has 0 aliphatic carbocycles. The molecule has 4 N–H and O–H groups in total. The van der Waals surface area contributed by atoms with Crippen molar-refractivity contribution >= 4 is 11.8 Å². The number of nitrogens with one attached hydrogen (secondary N) is 2. The van der Waals surface area contributed by atoms with Gasteiger partial charge >= 0.3 is 6.18 Å². The first kappa shape index (κ1) is 15.5. The normalized spacial score (nSPS) is 13.2. The van der Waals surface area contributed by atoms with Gasteiger partial charge in [0, 0.05) is 12.1 Å². The zero-order valence-electron chi connectivity index (χ0n) is 10.9. The summed E-state index contributed by atoms with van der Waals surface area (Å²) >= 11 is 0. The van der Waals surface area contributed by atoms with Gasteiger partial charge in [-0.15, -0.1) is 0 Å². The molecule has 1 unspecified atom stereocenters. The van der Waals surface area contributed by atoms with Gasteiger partial charge in [-0.25, -0.2) is 10.8 Å². The van der Waals surface area contributed by atoms with Crippen molar-refractivity contribution in [1.29, 1.82) is 0 Å². The monoisotopic (exact) mass is 277 g/mol. The lowest BCUT2D eigenvalue weighted by Crippen LogP contribution is -2.21. The number of anilines is 2. The van der Waals surface area contributed by atoms with E-state index >= 15 is 0 Å². The van der Waals surface area contributed by atoms with Crippen LogP contribution in [-0.4, -0.2) is 16.0 Å². The van der Waals surface area contributed by atoms with E-state index in [2.05, 4.69) is 15.3 Å². The van der Waals surface area contributed by atoms with E-state index in [4.69, 9.17) is 5.84 Å². The van der Waals surface area contributed by atoms with E-state index in [9.17, 15) is 13.2 Å². The Balaban J connectivity index is 3.00. The lowest BCUT2D eigenvalue weighted by molar-refractivity contribution is -0.141. The Morgan fingerprint density at radius 3 is 2.47 bits per heavy atom. The second-order valence-corrected chi connectivity index (χ2v) is 4.14. The lowest BCUT2D eigenvalue weighted by Gasteiger charge is -2.18. The molecular weight excluding hydrogens is 259 g/mol. The van der Waals surface area contributed by atoms with E-state index in [0.717, 1.165) is 25.3 Å². The number of nitrogens with two attached hydrogens (primary N) is 1. The molecule has 1 aromatic heterocycles. The summed E-state index contributed by atoms with van der Waals surface area (Å²) in [6.45, 7) is 3.97. The van der Waals surface area contributed by atoms with E-state index in [0.29, 0.717) is 0 Å². The molecule has 0 bridgehead atoms. The molecule has 0 saturated carbocycles. The van der Waals surface area contributed by atoms with Gasteiger partial charge in [-0.1, -0.05) is 20.3 Å². The van der Waals surface area contributed by atoms with Crippen LogP contribution in [0.5, 0.6) is 0 Å². The molecule has 8 heteroatoms. The molecule has 1 atom stereocenters. The van der Waals surface area contributed by atoms with Gasteiger partial charge in [0.25, 0.3) is 0 Å². The molecule has 1 rings (SSSR count). The maximum atomic E-state index is 12.7. The number of hydrogen-bond donors (Lipinski definition) is 3. The summed E-state index contributed by atoms with van der Waals surface area (Å²) in [6.07, 6.45) is -1.94. The van der Waals surface area contributed by atoms with Crippen LogP contribution in [-0.2, 0) is 6.18 Å². The van der Waals surface area contributed by atoms with Crippen LogP contribution in [0.2, 0.25) is 0 Å². The minimum absolute atomic E-state index is 0.0756.